The average molecular weight is 349 g/mol. The SMILES string of the molecule is Cc1nn(CCCn2c(=O)[nH]c3ccccc32)c(C)c1Br. The molecule has 6 heteroatoms. The standard InChI is InChI=1S/C15H17BrN4O/c1-10-14(16)11(2)20(18-10)9-5-8-19-13-7-4-3-6-12(13)17-15(19)21/h3-4,6-7H,5,8-9H2,1-2H3,(H,17,21). The second-order valence-corrected chi connectivity index (χ2v) is 5.95. The molecule has 0 aliphatic carbocycles. The van der Waals surface area contributed by atoms with Crippen molar-refractivity contribution in [3.63, 3.8) is 0 Å². The molecule has 110 valence electrons. The molecular formula is C15H17BrN4O. The van der Waals surface area contributed by atoms with E-state index in [1.54, 1.807) is 4.57 Å². The lowest BCUT2D eigenvalue weighted by Gasteiger charge is -2.06. The van der Waals surface area contributed by atoms with Crippen LogP contribution in [0.3, 0.4) is 0 Å². The van der Waals surface area contributed by atoms with Crippen LogP contribution < -0.4 is 5.69 Å². The second-order valence-electron chi connectivity index (χ2n) is 5.16. The molecule has 2 heterocycles. The predicted octanol–water partition coefficient (Wildman–Crippen LogP) is 3.00. The number of halogens is 1. The summed E-state index contributed by atoms with van der Waals surface area (Å²) in [5.41, 5.74) is 3.91. The molecule has 2 aromatic heterocycles. The van der Waals surface area contributed by atoms with Crippen LogP contribution in [0.5, 0.6) is 0 Å². The van der Waals surface area contributed by atoms with Gasteiger partial charge in [0.05, 0.1) is 21.2 Å². The van der Waals surface area contributed by atoms with Gasteiger partial charge in [0.2, 0.25) is 0 Å². The van der Waals surface area contributed by atoms with Gasteiger partial charge < -0.3 is 4.98 Å². The third-order valence-electron chi connectivity index (χ3n) is 3.73. The van der Waals surface area contributed by atoms with Gasteiger partial charge in [0, 0.05) is 18.8 Å². The van der Waals surface area contributed by atoms with Crippen LogP contribution in [0.25, 0.3) is 11.0 Å². The molecule has 21 heavy (non-hydrogen) atoms. The molecule has 1 aromatic carbocycles. The van der Waals surface area contributed by atoms with Crippen molar-refractivity contribution in [2.45, 2.75) is 33.4 Å². The number of nitrogens with zero attached hydrogens (tertiary/aromatic N) is 3. The highest BCUT2D eigenvalue weighted by Crippen LogP contribution is 2.20. The van der Waals surface area contributed by atoms with E-state index in [-0.39, 0.29) is 5.69 Å². The Balaban J connectivity index is 1.76. The van der Waals surface area contributed by atoms with Gasteiger partial charge >= 0.3 is 5.69 Å². The molecule has 0 fully saturated rings. The van der Waals surface area contributed by atoms with Crippen LogP contribution in [0.15, 0.2) is 33.5 Å². The quantitative estimate of drug-likeness (QED) is 0.787. The van der Waals surface area contributed by atoms with E-state index in [4.69, 9.17) is 0 Å². The molecule has 0 bridgehead atoms. The summed E-state index contributed by atoms with van der Waals surface area (Å²) in [7, 11) is 0. The molecule has 0 amide bonds. The van der Waals surface area contributed by atoms with Gasteiger partial charge in [0.25, 0.3) is 0 Å². The van der Waals surface area contributed by atoms with Crippen molar-refractivity contribution in [2.75, 3.05) is 0 Å². The minimum Gasteiger partial charge on any atom is -0.306 e. The predicted molar refractivity (Wildman–Crippen MR) is 86.6 cm³/mol. The molecule has 0 unspecified atom stereocenters. The van der Waals surface area contributed by atoms with Crippen molar-refractivity contribution in [1.82, 2.24) is 19.3 Å². The zero-order valence-corrected chi connectivity index (χ0v) is 13.6. The average Bonchev–Trinajstić information content (AvgIpc) is 2.91. The number of rotatable bonds is 4. The molecule has 5 nitrogen and oxygen atoms in total. The van der Waals surface area contributed by atoms with Crippen molar-refractivity contribution in [3.8, 4) is 0 Å². The highest BCUT2D eigenvalue weighted by Gasteiger charge is 2.09. The van der Waals surface area contributed by atoms with E-state index in [0.29, 0.717) is 6.54 Å². The number of imidazole rings is 1. The molecule has 0 aliphatic heterocycles. The lowest BCUT2D eigenvalue weighted by Crippen LogP contribution is -2.18. The van der Waals surface area contributed by atoms with Gasteiger partial charge in [-0.05, 0) is 48.3 Å². The minimum atomic E-state index is -0.0502. The summed E-state index contributed by atoms with van der Waals surface area (Å²) in [6.45, 7) is 5.50. The van der Waals surface area contributed by atoms with Gasteiger partial charge in [-0.3, -0.25) is 9.25 Å². The van der Waals surface area contributed by atoms with E-state index in [1.807, 2.05) is 42.8 Å². The third kappa shape index (κ3) is 2.55. The fraction of sp³-hybridized carbons (Fsp3) is 0.333. The Morgan fingerprint density at radius 1 is 1.24 bits per heavy atom. The summed E-state index contributed by atoms with van der Waals surface area (Å²) in [4.78, 5) is 14.9. The fourth-order valence-electron chi connectivity index (χ4n) is 2.60. The van der Waals surface area contributed by atoms with E-state index in [2.05, 4.69) is 26.0 Å². The zero-order valence-electron chi connectivity index (χ0n) is 12.1. The molecule has 3 rings (SSSR count). The van der Waals surface area contributed by atoms with Gasteiger partial charge in [0.1, 0.15) is 0 Å². The molecule has 0 aliphatic rings. The van der Waals surface area contributed by atoms with Crippen molar-refractivity contribution in [2.24, 2.45) is 0 Å². The van der Waals surface area contributed by atoms with Crippen molar-refractivity contribution in [3.05, 3.63) is 50.6 Å². The lowest BCUT2D eigenvalue weighted by molar-refractivity contribution is 0.516. The molecule has 3 aromatic rings. The van der Waals surface area contributed by atoms with Crippen molar-refractivity contribution in [1.29, 1.82) is 0 Å². The Kier molecular flexibility index (Phi) is 3.71. The van der Waals surface area contributed by atoms with E-state index < -0.39 is 0 Å². The van der Waals surface area contributed by atoms with E-state index in [1.165, 1.54) is 0 Å². The van der Waals surface area contributed by atoms with Gasteiger partial charge in [-0.15, -0.1) is 0 Å². The Morgan fingerprint density at radius 3 is 2.71 bits per heavy atom. The van der Waals surface area contributed by atoms with Crippen molar-refractivity contribution >= 4 is 27.0 Å². The summed E-state index contributed by atoms with van der Waals surface area (Å²) in [5, 5.41) is 4.49. The molecular weight excluding hydrogens is 332 g/mol. The first kappa shape index (κ1) is 14.1. The maximum atomic E-state index is 12.0. The molecule has 1 N–H and O–H groups in total. The van der Waals surface area contributed by atoms with Crippen LogP contribution in [0, 0.1) is 13.8 Å². The molecule has 0 saturated heterocycles. The summed E-state index contributed by atoms with van der Waals surface area (Å²) in [6.07, 6.45) is 0.857. The zero-order chi connectivity index (χ0) is 15.0. The first-order valence-corrected chi connectivity index (χ1v) is 7.74. The molecule has 0 saturated carbocycles. The molecule has 0 radical (unpaired) electrons. The maximum Gasteiger partial charge on any atom is 0.326 e. The number of nitrogens with one attached hydrogen (secondary N) is 1. The monoisotopic (exact) mass is 348 g/mol. The summed E-state index contributed by atoms with van der Waals surface area (Å²) < 4.78 is 4.83. The Hall–Kier alpha value is -1.82. The maximum absolute atomic E-state index is 12.0. The number of aryl methyl sites for hydroxylation is 3. The van der Waals surface area contributed by atoms with Crippen LogP contribution >= 0.6 is 15.9 Å². The summed E-state index contributed by atoms with van der Waals surface area (Å²) in [6, 6.07) is 7.76. The highest BCUT2D eigenvalue weighted by atomic mass is 79.9. The highest BCUT2D eigenvalue weighted by molar-refractivity contribution is 9.10. The number of fused-ring (bicyclic) bond motifs is 1. The topological polar surface area (TPSA) is 55.6 Å². The van der Waals surface area contributed by atoms with Crippen molar-refractivity contribution < 1.29 is 0 Å². The smallest absolute Gasteiger partial charge is 0.306 e. The van der Waals surface area contributed by atoms with Crippen LogP contribution in [0.2, 0.25) is 0 Å². The van der Waals surface area contributed by atoms with E-state index >= 15 is 0 Å². The normalized spacial score (nSPS) is 11.4. The van der Waals surface area contributed by atoms with Gasteiger partial charge in [0.15, 0.2) is 0 Å². The van der Waals surface area contributed by atoms with Gasteiger partial charge in [-0.1, -0.05) is 12.1 Å². The number of aromatic amines is 1. The van der Waals surface area contributed by atoms with Crippen LogP contribution in [-0.4, -0.2) is 19.3 Å². The van der Waals surface area contributed by atoms with Gasteiger partial charge in [-0.2, -0.15) is 5.10 Å². The van der Waals surface area contributed by atoms with Crippen LogP contribution in [0.1, 0.15) is 17.8 Å². The Labute approximate surface area is 130 Å². The molecule has 0 spiro atoms. The summed E-state index contributed by atoms with van der Waals surface area (Å²) >= 11 is 3.53. The van der Waals surface area contributed by atoms with Gasteiger partial charge in [-0.25, -0.2) is 4.79 Å². The number of aromatic nitrogens is 4. The Morgan fingerprint density at radius 2 is 2.00 bits per heavy atom. The largest absolute Gasteiger partial charge is 0.326 e. The number of benzene rings is 1. The fourth-order valence-corrected chi connectivity index (χ4v) is 2.88. The van der Waals surface area contributed by atoms with Crippen LogP contribution in [-0.2, 0) is 13.1 Å². The molecule has 0 atom stereocenters. The Bertz CT molecular complexity index is 843. The number of para-hydroxylation sites is 2. The van der Waals surface area contributed by atoms with Crippen LogP contribution in [0.4, 0.5) is 0 Å². The lowest BCUT2D eigenvalue weighted by atomic mass is 10.3. The summed E-state index contributed by atoms with van der Waals surface area (Å²) in [5.74, 6) is 0. The third-order valence-corrected chi connectivity index (χ3v) is 4.87. The minimum absolute atomic E-state index is 0.0502. The number of hydrogen-bond donors (Lipinski definition) is 1. The number of H-pyrrole nitrogens is 1. The van der Waals surface area contributed by atoms with E-state index in [9.17, 15) is 4.79 Å². The van der Waals surface area contributed by atoms with E-state index in [0.717, 1.165) is 39.9 Å². The first-order chi connectivity index (χ1) is 10.1. The number of hydrogen-bond acceptors (Lipinski definition) is 2. The first-order valence-electron chi connectivity index (χ1n) is 6.95. The second kappa shape index (κ2) is 5.52.